The van der Waals surface area contributed by atoms with Crippen LogP contribution < -0.4 is 5.32 Å². The van der Waals surface area contributed by atoms with Crippen molar-refractivity contribution >= 4 is 43.5 Å². The van der Waals surface area contributed by atoms with E-state index in [0.29, 0.717) is 0 Å². The second-order valence-corrected chi connectivity index (χ2v) is 6.16. The molecule has 0 heterocycles. The lowest BCUT2D eigenvalue weighted by molar-refractivity contribution is -0.115. The highest BCUT2D eigenvalue weighted by atomic mass is 79.9. The summed E-state index contributed by atoms with van der Waals surface area (Å²) in [7, 11) is 0. The minimum atomic E-state index is -0.510. The van der Waals surface area contributed by atoms with Crippen molar-refractivity contribution in [3.8, 4) is 0 Å². The summed E-state index contributed by atoms with van der Waals surface area (Å²) in [6, 6.07) is 15.6. The summed E-state index contributed by atoms with van der Waals surface area (Å²) in [5.74, 6) is -0.757. The predicted octanol–water partition coefficient (Wildman–Crippen LogP) is 4.66. The SMILES string of the molecule is O=C(Nc1ccccc1F)[C@H](Br)[C@H](Br)c1ccccc1. The van der Waals surface area contributed by atoms with Crippen molar-refractivity contribution in [2.75, 3.05) is 5.32 Å². The van der Waals surface area contributed by atoms with Gasteiger partial charge in [0.15, 0.2) is 0 Å². The van der Waals surface area contributed by atoms with Crippen LogP contribution in [0.1, 0.15) is 10.4 Å². The summed E-state index contributed by atoms with van der Waals surface area (Å²) in [5, 5.41) is 2.57. The molecular formula is C15H12Br2FNO. The van der Waals surface area contributed by atoms with Gasteiger partial charge in [-0.1, -0.05) is 74.3 Å². The Labute approximate surface area is 133 Å². The summed E-state index contributed by atoms with van der Waals surface area (Å²) in [6.45, 7) is 0. The van der Waals surface area contributed by atoms with Gasteiger partial charge < -0.3 is 5.32 Å². The molecule has 5 heteroatoms. The summed E-state index contributed by atoms with van der Waals surface area (Å²) in [5.41, 5.74) is 1.15. The fourth-order valence-corrected chi connectivity index (χ4v) is 2.67. The Balaban J connectivity index is 2.08. The largest absolute Gasteiger partial charge is 0.323 e. The number of hydrogen-bond acceptors (Lipinski definition) is 1. The van der Waals surface area contributed by atoms with Crippen molar-refractivity contribution in [2.45, 2.75) is 9.65 Å². The molecule has 0 saturated carbocycles. The van der Waals surface area contributed by atoms with E-state index < -0.39 is 10.6 Å². The molecule has 2 nitrogen and oxygen atoms in total. The van der Waals surface area contributed by atoms with Gasteiger partial charge in [0.2, 0.25) is 5.91 Å². The first-order chi connectivity index (χ1) is 9.59. The van der Waals surface area contributed by atoms with Gasteiger partial charge in [-0.25, -0.2) is 4.39 Å². The predicted molar refractivity (Wildman–Crippen MR) is 85.9 cm³/mol. The molecule has 0 aliphatic heterocycles. The van der Waals surface area contributed by atoms with Crippen LogP contribution in [-0.4, -0.2) is 10.7 Å². The van der Waals surface area contributed by atoms with Crippen LogP contribution in [0.5, 0.6) is 0 Å². The summed E-state index contributed by atoms with van der Waals surface area (Å²) >= 11 is 6.83. The number of alkyl halides is 2. The average molecular weight is 401 g/mol. The van der Waals surface area contributed by atoms with Crippen LogP contribution in [0.25, 0.3) is 0 Å². The second kappa shape index (κ2) is 6.99. The molecule has 0 bridgehead atoms. The molecule has 0 aliphatic rings. The zero-order valence-electron chi connectivity index (χ0n) is 10.4. The van der Waals surface area contributed by atoms with Gasteiger partial charge in [-0.15, -0.1) is 0 Å². The summed E-state index contributed by atoms with van der Waals surface area (Å²) in [6.07, 6.45) is 0. The number of rotatable bonds is 4. The molecular weight excluding hydrogens is 389 g/mol. The van der Waals surface area contributed by atoms with E-state index in [1.54, 1.807) is 12.1 Å². The molecule has 104 valence electrons. The first kappa shape index (κ1) is 15.2. The number of halogens is 3. The molecule has 0 fully saturated rings. The molecule has 1 N–H and O–H groups in total. The fraction of sp³-hybridized carbons (Fsp3) is 0.133. The zero-order valence-corrected chi connectivity index (χ0v) is 13.6. The molecule has 0 radical (unpaired) electrons. The van der Waals surface area contributed by atoms with Crippen LogP contribution in [0.15, 0.2) is 54.6 Å². The van der Waals surface area contributed by atoms with E-state index in [-0.39, 0.29) is 16.4 Å². The second-order valence-electron chi connectivity index (χ2n) is 4.18. The Morgan fingerprint density at radius 1 is 1.00 bits per heavy atom. The molecule has 0 aromatic heterocycles. The molecule has 0 unspecified atom stereocenters. The molecule has 20 heavy (non-hydrogen) atoms. The van der Waals surface area contributed by atoms with E-state index in [0.717, 1.165) is 5.56 Å². The number of carbonyl (C=O) groups is 1. The molecule has 2 aromatic rings. The highest BCUT2D eigenvalue weighted by molar-refractivity contribution is 9.12. The standard InChI is InChI=1S/C15H12Br2FNO/c16-13(10-6-2-1-3-7-10)14(17)15(20)19-12-9-5-4-8-11(12)18/h1-9,13-14H,(H,19,20)/t13-,14-/m1/s1. The van der Waals surface area contributed by atoms with E-state index in [2.05, 4.69) is 37.2 Å². The van der Waals surface area contributed by atoms with Gasteiger partial charge >= 0.3 is 0 Å². The number of benzene rings is 2. The first-order valence-corrected chi connectivity index (χ1v) is 7.81. The average Bonchev–Trinajstić information content (AvgIpc) is 2.49. The molecule has 2 atom stereocenters. The zero-order chi connectivity index (χ0) is 14.5. The van der Waals surface area contributed by atoms with Gasteiger partial charge in [-0.2, -0.15) is 0 Å². The topological polar surface area (TPSA) is 29.1 Å². The Kier molecular flexibility index (Phi) is 5.31. The van der Waals surface area contributed by atoms with Gasteiger partial charge in [-0.3, -0.25) is 4.79 Å². The Bertz CT molecular complexity index is 591. The lowest BCUT2D eigenvalue weighted by Crippen LogP contribution is -2.26. The van der Waals surface area contributed by atoms with Crippen molar-refractivity contribution in [1.82, 2.24) is 0 Å². The third-order valence-corrected chi connectivity index (χ3v) is 5.47. The van der Waals surface area contributed by atoms with Gasteiger partial charge in [-0.05, 0) is 17.7 Å². The Hall–Kier alpha value is -1.20. The van der Waals surface area contributed by atoms with E-state index in [9.17, 15) is 9.18 Å². The highest BCUT2D eigenvalue weighted by Crippen LogP contribution is 2.31. The maximum absolute atomic E-state index is 13.5. The van der Waals surface area contributed by atoms with Crippen LogP contribution in [0.3, 0.4) is 0 Å². The van der Waals surface area contributed by atoms with E-state index >= 15 is 0 Å². The first-order valence-electron chi connectivity index (χ1n) is 5.98. The van der Waals surface area contributed by atoms with Crippen LogP contribution >= 0.6 is 31.9 Å². The monoisotopic (exact) mass is 399 g/mol. The van der Waals surface area contributed by atoms with Crippen molar-refractivity contribution in [1.29, 1.82) is 0 Å². The van der Waals surface area contributed by atoms with Crippen molar-refractivity contribution < 1.29 is 9.18 Å². The molecule has 2 rings (SSSR count). The van der Waals surface area contributed by atoms with Crippen LogP contribution in [0.4, 0.5) is 10.1 Å². The molecule has 0 saturated heterocycles. The number of anilines is 1. The number of hydrogen-bond donors (Lipinski definition) is 1. The van der Waals surface area contributed by atoms with Gasteiger partial charge in [0.25, 0.3) is 0 Å². The number of para-hydroxylation sites is 1. The third kappa shape index (κ3) is 3.67. The van der Waals surface area contributed by atoms with Gasteiger partial charge in [0, 0.05) is 0 Å². The van der Waals surface area contributed by atoms with Crippen molar-refractivity contribution in [2.24, 2.45) is 0 Å². The van der Waals surface area contributed by atoms with E-state index in [1.807, 2.05) is 30.3 Å². The normalized spacial score (nSPS) is 13.6. The van der Waals surface area contributed by atoms with Gasteiger partial charge in [0.1, 0.15) is 10.6 Å². The fourth-order valence-electron chi connectivity index (χ4n) is 1.70. The molecule has 1 amide bonds. The van der Waals surface area contributed by atoms with Crippen LogP contribution in [-0.2, 0) is 4.79 Å². The van der Waals surface area contributed by atoms with Crippen LogP contribution in [0.2, 0.25) is 0 Å². The molecule has 0 aliphatic carbocycles. The quantitative estimate of drug-likeness (QED) is 0.742. The Morgan fingerprint density at radius 3 is 2.25 bits per heavy atom. The maximum atomic E-state index is 13.5. The van der Waals surface area contributed by atoms with Gasteiger partial charge in [0.05, 0.1) is 10.5 Å². The van der Waals surface area contributed by atoms with E-state index in [1.165, 1.54) is 12.1 Å². The third-order valence-electron chi connectivity index (χ3n) is 2.76. The molecule has 2 aromatic carbocycles. The lowest BCUT2D eigenvalue weighted by atomic mass is 10.1. The number of carbonyl (C=O) groups excluding carboxylic acids is 1. The smallest absolute Gasteiger partial charge is 0.239 e. The summed E-state index contributed by atoms with van der Waals surface area (Å²) in [4.78, 5) is 11.4. The van der Waals surface area contributed by atoms with E-state index in [4.69, 9.17) is 0 Å². The number of amides is 1. The minimum absolute atomic E-state index is 0.176. The van der Waals surface area contributed by atoms with Crippen molar-refractivity contribution in [3.05, 3.63) is 66.0 Å². The molecule has 0 spiro atoms. The highest BCUT2D eigenvalue weighted by Gasteiger charge is 2.25. The lowest BCUT2D eigenvalue weighted by Gasteiger charge is -2.17. The number of nitrogens with one attached hydrogen (secondary N) is 1. The minimum Gasteiger partial charge on any atom is -0.323 e. The van der Waals surface area contributed by atoms with Crippen LogP contribution in [0, 0.1) is 5.82 Å². The Morgan fingerprint density at radius 2 is 1.60 bits per heavy atom. The summed E-state index contributed by atoms with van der Waals surface area (Å²) < 4.78 is 13.5. The maximum Gasteiger partial charge on any atom is 0.239 e. The van der Waals surface area contributed by atoms with Crippen molar-refractivity contribution in [3.63, 3.8) is 0 Å².